The van der Waals surface area contributed by atoms with Crippen molar-refractivity contribution < 1.29 is 9.90 Å². The van der Waals surface area contributed by atoms with Crippen LogP contribution in [0.5, 0.6) is 0 Å². The standard InChI is InChI=1S/C16H26N2O2S/c1-15(2,3)14-17-11(10-21-14)9-18-8-6-7-16(4,5)12(18)13(19)20/h10,12H,6-9H2,1-5H3,(H,19,20). The molecule has 1 unspecified atom stereocenters. The SMILES string of the molecule is CC(C)(C)c1nc(CN2CCCC(C)(C)C2C(=O)O)cs1. The molecule has 0 radical (unpaired) electrons. The fourth-order valence-electron chi connectivity index (χ4n) is 3.09. The molecule has 1 atom stereocenters. The molecule has 0 aliphatic carbocycles. The van der Waals surface area contributed by atoms with E-state index in [1.165, 1.54) is 0 Å². The van der Waals surface area contributed by atoms with Crippen molar-refractivity contribution in [2.24, 2.45) is 5.41 Å². The number of aromatic nitrogens is 1. The first kappa shape index (κ1) is 16.4. The largest absolute Gasteiger partial charge is 0.480 e. The normalized spacial score (nSPS) is 23.2. The van der Waals surface area contributed by atoms with E-state index in [1.54, 1.807) is 11.3 Å². The van der Waals surface area contributed by atoms with Crippen LogP contribution in [0.3, 0.4) is 0 Å². The van der Waals surface area contributed by atoms with Crippen LogP contribution in [-0.4, -0.2) is 33.5 Å². The van der Waals surface area contributed by atoms with Crippen molar-refractivity contribution >= 4 is 17.3 Å². The quantitative estimate of drug-likeness (QED) is 0.928. The maximum Gasteiger partial charge on any atom is 0.321 e. The number of aliphatic carboxylic acids is 1. The molecule has 2 heterocycles. The number of nitrogens with zero attached hydrogens (tertiary/aromatic N) is 2. The molecule has 1 fully saturated rings. The van der Waals surface area contributed by atoms with Crippen LogP contribution in [0, 0.1) is 5.41 Å². The lowest BCUT2D eigenvalue weighted by Gasteiger charge is -2.43. The van der Waals surface area contributed by atoms with E-state index in [0.29, 0.717) is 6.54 Å². The van der Waals surface area contributed by atoms with E-state index in [2.05, 4.69) is 44.9 Å². The Morgan fingerprint density at radius 3 is 2.71 bits per heavy atom. The second-order valence-electron chi connectivity index (χ2n) is 7.70. The van der Waals surface area contributed by atoms with Crippen molar-refractivity contribution in [1.82, 2.24) is 9.88 Å². The average Bonchev–Trinajstić information content (AvgIpc) is 2.75. The van der Waals surface area contributed by atoms with Crippen LogP contribution in [0.15, 0.2) is 5.38 Å². The van der Waals surface area contributed by atoms with Crippen molar-refractivity contribution in [2.45, 2.75) is 65.5 Å². The van der Waals surface area contributed by atoms with Crippen LogP contribution >= 0.6 is 11.3 Å². The molecular weight excluding hydrogens is 284 g/mol. The number of hydrogen-bond donors (Lipinski definition) is 1. The number of carboxylic acids is 1. The van der Waals surface area contributed by atoms with Crippen LogP contribution in [-0.2, 0) is 16.8 Å². The van der Waals surface area contributed by atoms with Crippen LogP contribution in [0.2, 0.25) is 0 Å². The third-order valence-corrected chi connectivity index (χ3v) is 5.48. The first-order valence-electron chi connectivity index (χ1n) is 7.53. The summed E-state index contributed by atoms with van der Waals surface area (Å²) >= 11 is 1.67. The summed E-state index contributed by atoms with van der Waals surface area (Å²) in [6.45, 7) is 12.0. The fourth-order valence-corrected chi connectivity index (χ4v) is 3.99. The highest BCUT2D eigenvalue weighted by Crippen LogP contribution is 2.36. The summed E-state index contributed by atoms with van der Waals surface area (Å²) in [5.41, 5.74) is 0.859. The summed E-state index contributed by atoms with van der Waals surface area (Å²) in [5.74, 6) is -0.717. The molecule has 21 heavy (non-hydrogen) atoms. The minimum absolute atomic E-state index is 0.0519. The number of carbonyl (C=O) groups is 1. The van der Waals surface area contributed by atoms with Crippen LogP contribution in [0.1, 0.15) is 58.2 Å². The Morgan fingerprint density at radius 1 is 1.52 bits per heavy atom. The van der Waals surface area contributed by atoms with Gasteiger partial charge in [0, 0.05) is 17.3 Å². The molecule has 5 heteroatoms. The van der Waals surface area contributed by atoms with E-state index in [1.807, 2.05) is 0 Å². The van der Waals surface area contributed by atoms with Gasteiger partial charge in [0.2, 0.25) is 0 Å². The van der Waals surface area contributed by atoms with Crippen molar-refractivity contribution in [2.75, 3.05) is 6.54 Å². The first-order valence-corrected chi connectivity index (χ1v) is 8.41. The molecule has 0 bridgehead atoms. The van der Waals surface area contributed by atoms with E-state index < -0.39 is 12.0 Å². The molecule has 1 aromatic rings. The predicted molar refractivity (Wildman–Crippen MR) is 85.7 cm³/mol. The Kier molecular flexibility index (Phi) is 4.45. The van der Waals surface area contributed by atoms with Gasteiger partial charge in [-0.2, -0.15) is 0 Å². The number of likely N-dealkylation sites (tertiary alicyclic amines) is 1. The van der Waals surface area contributed by atoms with Gasteiger partial charge in [0.05, 0.1) is 10.7 Å². The molecular formula is C16H26N2O2S. The van der Waals surface area contributed by atoms with Crippen molar-refractivity contribution in [3.63, 3.8) is 0 Å². The Balaban J connectivity index is 2.17. The van der Waals surface area contributed by atoms with Gasteiger partial charge in [-0.15, -0.1) is 11.3 Å². The molecule has 2 rings (SSSR count). The Morgan fingerprint density at radius 2 is 2.19 bits per heavy atom. The van der Waals surface area contributed by atoms with Crippen molar-refractivity contribution in [3.8, 4) is 0 Å². The zero-order valence-electron chi connectivity index (χ0n) is 13.6. The Bertz CT molecular complexity index is 517. The van der Waals surface area contributed by atoms with E-state index in [-0.39, 0.29) is 10.8 Å². The maximum atomic E-state index is 11.7. The van der Waals surface area contributed by atoms with Gasteiger partial charge in [-0.3, -0.25) is 9.69 Å². The smallest absolute Gasteiger partial charge is 0.321 e. The van der Waals surface area contributed by atoms with E-state index >= 15 is 0 Å². The number of piperidine rings is 1. The van der Waals surface area contributed by atoms with Gasteiger partial charge < -0.3 is 5.11 Å². The fraction of sp³-hybridized carbons (Fsp3) is 0.750. The summed E-state index contributed by atoms with van der Waals surface area (Å²) in [7, 11) is 0. The van der Waals surface area contributed by atoms with Gasteiger partial charge in [0.25, 0.3) is 0 Å². The van der Waals surface area contributed by atoms with E-state index in [4.69, 9.17) is 4.98 Å². The molecule has 0 aromatic carbocycles. The maximum absolute atomic E-state index is 11.7. The van der Waals surface area contributed by atoms with Gasteiger partial charge >= 0.3 is 5.97 Å². The second-order valence-corrected chi connectivity index (χ2v) is 8.56. The third kappa shape index (κ3) is 3.64. The van der Waals surface area contributed by atoms with E-state index in [0.717, 1.165) is 30.1 Å². The highest BCUT2D eigenvalue weighted by Gasteiger charge is 2.42. The number of carboxylic acid groups (broad SMARTS) is 1. The minimum Gasteiger partial charge on any atom is -0.480 e. The summed E-state index contributed by atoms with van der Waals surface area (Å²) < 4.78 is 0. The molecule has 0 spiro atoms. The zero-order valence-corrected chi connectivity index (χ0v) is 14.5. The lowest BCUT2D eigenvalue weighted by molar-refractivity contribution is -0.151. The zero-order chi connectivity index (χ0) is 15.8. The third-order valence-electron chi connectivity index (χ3n) is 4.16. The summed E-state index contributed by atoms with van der Waals surface area (Å²) in [5, 5.41) is 12.8. The molecule has 0 amide bonds. The monoisotopic (exact) mass is 310 g/mol. The highest BCUT2D eigenvalue weighted by atomic mass is 32.1. The first-order chi connectivity index (χ1) is 9.61. The molecule has 4 nitrogen and oxygen atoms in total. The lowest BCUT2D eigenvalue weighted by Crippen LogP contribution is -2.53. The molecule has 1 N–H and O–H groups in total. The number of hydrogen-bond acceptors (Lipinski definition) is 4. The van der Waals surface area contributed by atoms with E-state index in [9.17, 15) is 9.90 Å². The molecule has 1 saturated heterocycles. The molecule has 1 aliphatic heterocycles. The molecule has 1 aromatic heterocycles. The van der Waals surface area contributed by atoms with Gasteiger partial charge in [-0.25, -0.2) is 4.98 Å². The van der Waals surface area contributed by atoms with Gasteiger partial charge in [-0.1, -0.05) is 34.6 Å². The summed E-state index contributed by atoms with van der Waals surface area (Å²) in [4.78, 5) is 18.5. The Labute approximate surface area is 131 Å². The topological polar surface area (TPSA) is 53.4 Å². The second kappa shape index (κ2) is 5.69. The molecule has 1 aliphatic rings. The average molecular weight is 310 g/mol. The molecule has 118 valence electrons. The Hall–Kier alpha value is -0.940. The van der Waals surface area contributed by atoms with Gasteiger partial charge in [-0.05, 0) is 24.8 Å². The summed E-state index contributed by atoms with van der Waals surface area (Å²) in [6, 6.07) is -0.425. The van der Waals surface area contributed by atoms with Crippen molar-refractivity contribution in [1.29, 1.82) is 0 Å². The highest BCUT2D eigenvalue weighted by molar-refractivity contribution is 7.09. The van der Waals surface area contributed by atoms with Gasteiger partial charge in [0.1, 0.15) is 6.04 Å². The summed E-state index contributed by atoms with van der Waals surface area (Å²) in [6.07, 6.45) is 2.01. The van der Waals surface area contributed by atoms with Crippen LogP contribution in [0.4, 0.5) is 0 Å². The minimum atomic E-state index is -0.717. The van der Waals surface area contributed by atoms with Crippen LogP contribution in [0.25, 0.3) is 0 Å². The predicted octanol–water partition coefficient (Wildman–Crippen LogP) is 3.52. The number of thiazole rings is 1. The number of rotatable bonds is 3. The van der Waals surface area contributed by atoms with Crippen molar-refractivity contribution in [3.05, 3.63) is 16.1 Å². The van der Waals surface area contributed by atoms with Crippen LogP contribution < -0.4 is 0 Å². The molecule has 0 saturated carbocycles. The lowest BCUT2D eigenvalue weighted by atomic mass is 9.76. The van der Waals surface area contributed by atoms with Gasteiger partial charge in [0.15, 0.2) is 0 Å².